The third-order valence-electron chi connectivity index (χ3n) is 4.21. The van der Waals surface area contributed by atoms with Crippen LogP contribution in [0.25, 0.3) is 0 Å². The fraction of sp³-hybridized carbons (Fsp3) is 0.600. The predicted octanol–water partition coefficient (Wildman–Crippen LogP) is 5.29. The van der Waals surface area contributed by atoms with Crippen LogP contribution in [0.4, 0.5) is 0 Å². The minimum Gasteiger partial charge on any atom is -0.465 e. The highest BCUT2D eigenvalue weighted by Crippen LogP contribution is 2.25. The molecule has 0 saturated carbocycles. The number of alkyl halides is 1. The van der Waals surface area contributed by atoms with E-state index in [1.54, 1.807) is 12.1 Å². The highest BCUT2D eigenvalue weighted by molar-refractivity contribution is 6.18. The van der Waals surface area contributed by atoms with Crippen molar-refractivity contribution in [3.05, 3.63) is 35.4 Å². The summed E-state index contributed by atoms with van der Waals surface area (Å²) in [7, 11) is 0. The molecule has 1 rings (SSSR count). The number of hydrogen-bond acceptors (Lipinski definition) is 3. The van der Waals surface area contributed by atoms with E-state index >= 15 is 0 Å². The number of rotatable bonds is 11. The first kappa shape index (κ1) is 20.7. The number of unbranched alkanes of at least 4 members (excludes halogenated alkanes) is 3. The molecule has 0 bridgehead atoms. The highest BCUT2D eigenvalue weighted by Gasteiger charge is 2.31. The third-order valence-corrected chi connectivity index (χ3v) is 4.47. The maximum Gasteiger partial charge on any atom is 0.315 e. The summed E-state index contributed by atoms with van der Waals surface area (Å²) in [5.41, 5.74) is 0.796. The molecule has 0 saturated heterocycles. The maximum atomic E-state index is 12.4. The van der Waals surface area contributed by atoms with Gasteiger partial charge < -0.3 is 4.74 Å². The first-order valence-corrected chi connectivity index (χ1v) is 9.33. The van der Waals surface area contributed by atoms with Crippen molar-refractivity contribution in [1.82, 2.24) is 0 Å². The molecule has 0 radical (unpaired) electrons. The van der Waals surface area contributed by atoms with Gasteiger partial charge in [-0.1, -0.05) is 50.5 Å². The summed E-state index contributed by atoms with van der Waals surface area (Å²) in [5.74, 6) is 0.347. The van der Waals surface area contributed by atoms with E-state index in [1.165, 1.54) is 6.42 Å². The van der Waals surface area contributed by atoms with E-state index in [1.807, 2.05) is 26.0 Å². The van der Waals surface area contributed by atoms with Gasteiger partial charge in [-0.05, 0) is 32.3 Å². The Hall–Kier alpha value is -1.35. The van der Waals surface area contributed by atoms with Gasteiger partial charge in [0.25, 0.3) is 0 Å². The molecule has 0 N–H and O–H groups in total. The van der Waals surface area contributed by atoms with Crippen molar-refractivity contribution in [2.24, 2.45) is 0 Å². The van der Waals surface area contributed by atoms with Crippen molar-refractivity contribution < 1.29 is 14.3 Å². The topological polar surface area (TPSA) is 43.4 Å². The lowest BCUT2D eigenvalue weighted by molar-refractivity contribution is -0.149. The van der Waals surface area contributed by atoms with Crippen LogP contribution >= 0.6 is 11.6 Å². The molecule has 0 aliphatic carbocycles. The van der Waals surface area contributed by atoms with Crippen LogP contribution in [-0.4, -0.2) is 24.2 Å². The molecule has 0 heterocycles. The number of halogens is 1. The molecule has 4 heteroatoms. The second-order valence-electron chi connectivity index (χ2n) is 6.61. The average molecular weight is 353 g/mol. The average Bonchev–Trinajstić information content (AvgIpc) is 2.59. The van der Waals surface area contributed by atoms with E-state index in [0.717, 1.165) is 24.8 Å². The summed E-state index contributed by atoms with van der Waals surface area (Å²) in [6.45, 7) is 6.33. The maximum absolute atomic E-state index is 12.4. The van der Waals surface area contributed by atoms with Crippen LogP contribution in [0.1, 0.15) is 75.2 Å². The predicted molar refractivity (Wildman–Crippen MR) is 98.9 cm³/mol. The molecule has 0 unspecified atom stereocenters. The van der Waals surface area contributed by atoms with Gasteiger partial charge in [0.1, 0.15) is 0 Å². The van der Waals surface area contributed by atoms with Gasteiger partial charge in [0, 0.05) is 17.9 Å². The Morgan fingerprint density at radius 2 is 1.71 bits per heavy atom. The van der Waals surface area contributed by atoms with Gasteiger partial charge in [-0.15, -0.1) is 11.6 Å². The molecule has 3 nitrogen and oxygen atoms in total. The minimum atomic E-state index is -0.720. The van der Waals surface area contributed by atoms with Gasteiger partial charge in [-0.25, -0.2) is 0 Å². The first-order chi connectivity index (χ1) is 11.4. The van der Waals surface area contributed by atoms with Crippen molar-refractivity contribution >= 4 is 23.4 Å². The van der Waals surface area contributed by atoms with Crippen LogP contribution in [-0.2, 0) is 14.9 Å². The normalized spacial score (nSPS) is 11.3. The van der Waals surface area contributed by atoms with Crippen molar-refractivity contribution in [2.75, 3.05) is 12.5 Å². The number of carbonyl (C=O) groups excluding carboxylic acids is 2. The van der Waals surface area contributed by atoms with E-state index in [2.05, 4.69) is 6.92 Å². The molecule has 0 aromatic heterocycles. The van der Waals surface area contributed by atoms with Crippen LogP contribution in [0.3, 0.4) is 0 Å². The number of hydrogen-bond donors (Lipinski definition) is 0. The smallest absolute Gasteiger partial charge is 0.315 e. The number of carbonyl (C=O) groups is 2. The Labute approximate surface area is 150 Å². The van der Waals surface area contributed by atoms with Crippen molar-refractivity contribution in [2.45, 2.75) is 64.7 Å². The Bertz CT molecular complexity index is 520. The number of Topliss-reactive ketones (excluding diaryl/α,β-unsaturated/α-hetero) is 1. The van der Waals surface area contributed by atoms with Crippen LogP contribution in [0, 0.1) is 0 Å². The second-order valence-corrected chi connectivity index (χ2v) is 6.99. The molecule has 134 valence electrons. The summed E-state index contributed by atoms with van der Waals surface area (Å²) in [5, 5.41) is 0. The van der Waals surface area contributed by atoms with E-state index in [0.29, 0.717) is 30.9 Å². The van der Waals surface area contributed by atoms with Crippen molar-refractivity contribution in [3.63, 3.8) is 0 Å². The zero-order chi connectivity index (χ0) is 18.0. The molecule has 0 aliphatic heterocycles. The van der Waals surface area contributed by atoms with Gasteiger partial charge in [0.2, 0.25) is 0 Å². The van der Waals surface area contributed by atoms with Crippen LogP contribution in [0.5, 0.6) is 0 Å². The van der Waals surface area contributed by atoms with Crippen molar-refractivity contribution in [3.8, 4) is 0 Å². The lowest BCUT2D eigenvalue weighted by Crippen LogP contribution is -2.31. The summed E-state index contributed by atoms with van der Waals surface area (Å²) >= 11 is 5.62. The molecule has 0 fully saturated rings. The fourth-order valence-corrected chi connectivity index (χ4v) is 2.57. The molecule has 0 atom stereocenters. The van der Waals surface area contributed by atoms with Crippen LogP contribution < -0.4 is 0 Å². The van der Waals surface area contributed by atoms with E-state index in [9.17, 15) is 9.59 Å². The Morgan fingerprint density at radius 3 is 2.29 bits per heavy atom. The van der Waals surface area contributed by atoms with E-state index in [4.69, 9.17) is 16.3 Å². The quantitative estimate of drug-likeness (QED) is 0.235. The highest BCUT2D eigenvalue weighted by atomic mass is 35.5. The van der Waals surface area contributed by atoms with Crippen LogP contribution in [0.15, 0.2) is 24.3 Å². The zero-order valence-corrected chi connectivity index (χ0v) is 15.8. The summed E-state index contributed by atoms with van der Waals surface area (Å²) in [6, 6.07) is 7.24. The summed E-state index contributed by atoms with van der Waals surface area (Å²) < 4.78 is 5.42. The van der Waals surface area contributed by atoms with E-state index in [-0.39, 0.29) is 11.8 Å². The molecule has 0 aliphatic rings. The standard InChI is InChI=1S/C20H29ClO3/c1-4-5-6-7-15-24-19(23)20(2,3)17-12-10-16(11-13-17)18(22)9-8-14-21/h10-13H,4-9,14-15H2,1-3H3. The minimum absolute atomic E-state index is 0.0820. The fourth-order valence-electron chi connectivity index (χ4n) is 2.44. The number of esters is 1. The monoisotopic (exact) mass is 352 g/mol. The molecule has 0 amide bonds. The molecule has 1 aromatic carbocycles. The third kappa shape index (κ3) is 6.27. The van der Waals surface area contributed by atoms with Gasteiger partial charge in [-0.2, -0.15) is 0 Å². The lowest BCUT2D eigenvalue weighted by atomic mass is 9.84. The van der Waals surface area contributed by atoms with E-state index < -0.39 is 5.41 Å². The number of ketones is 1. The molecule has 0 spiro atoms. The summed E-state index contributed by atoms with van der Waals surface area (Å²) in [6.07, 6.45) is 5.45. The zero-order valence-electron chi connectivity index (χ0n) is 15.1. The van der Waals surface area contributed by atoms with Crippen molar-refractivity contribution in [1.29, 1.82) is 0 Å². The first-order valence-electron chi connectivity index (χ1n) is 8.80. The molecule has 1 aromatic rings. The van der Waals surface area contributed by atoms with Gasteiger partial charge in [0.05, 0.1) is 12.0 Å². The Balaban J connectivity index is 2.62. The van der Waals surface area contributed by atoms with Gasteiger partial charge in [0.15, 0.2) is 5.78 Å². The second kappa shape index (κ2) is 10.5. The Morgan fingerprint density at radius 1 is 1.04 bits per heavy atom. The SMILES string of the molecule is CCCCCCOC(=O)C(C)(C)c1ccc(C(=O)CCCCl)cc1. The lowest BCUT2D eigenvalue weighted by Gasteiger charge is -2.23. The molecule has 24 heavy (non-hydrogen) atoms. The van der Waals surface area contributed by atoms with Crippen LogP contribution in [0.2, 0.25) is 0 Å². The van der Waals surface area contributed by atoms with Gasteiger partial charge >= 0.3 is 5.97 Å². The summed E-state index contributed by atoms with van der Waals surface area (Å²) in [4.78, 5) is 24.3. The Kier molecular flexibility index (Phi) is 9.05. The van der Waals surface area contributed by atoms with Gasteiger partial charge in [-0.3, -0.25) is 9.59 Å². The molecular formula is C20H29ClO3. The number of benzene rings is 1. The number of ether oxygens (including phenoxy) is 1. The molecular weight excluding hydrogens is 324 g/mol. The largest absolute Gasteiger partial charge is 0.465 e.